The van der Waals surface area contributed by atoms with E-state index in [1.54, 1.807) is 7.11 Å². The summed E-state index contributed by atoms with van der Waals surface area (Å²) in [7, 11) is 1.69. The van der Waals surface area contributed by atoms with Crippen molar-refractivity contribution in [3.8, 4) is 5.75 Å². The number of carbonyl (C=O) groups is 1. The maximum atomic E-state index is 12.8. The molecule has 28 heavy (non-hydrogen) atoms. The molecule has 2 amide bonds. The van der Waals surface area contributed by atoms with Crippen LogP contribution in [0.4, 0.5) is 20.6 Å². The fourth-order valence-electron chi connectivity index (χ4n) is 3.07. The molecule has 0 bridgehead atoms. The number of amides is 2. The van der Waals surface area contributed by atoms with Gasteiger partial charge in [-0.05, 0) is 36.4 Å². The molecule has 1 saturated heterocycles. The van der Waals surface area contributed by atoms with Crippen molar-refractivity contribution in [3.05, 3.63) is 54.3 Å². The van der Waals surface area contributed by atoms with E-state index in [-0.39, 0.29) is 5.82 Å². The number of carbonyl (C=O) groups excluding carboxylic acids is 1. The fraction of sp³-hybridized carbons (Fsp3) is 0.350. The lowest BCUT2D eigenvalue weighted by Crippen LogP contribution is -2.48. The Morgan fingerprint density at radius 3 is 2.54 bits per heavy atom. The van der Waals surface area contributed by atoms with Crippen LogP contribution < -0.4 is 15.0 Å². The summed E-state index contributed by atoms with van der Waals surface area (Å²) in [5.74, 6) is 0.531. The van der Waals surface area contributed by atoms with Gasteiger partial charge in [0.25, 0.3) is 0 Å². The zero-order valence-electron chi connectivity index (χ0n) is 15.8. The molecule has 1 N–H and O–H groups in total. The molecule has 148 valence electrons. The molecular weight excluding hydrogens is 361 g/mol. The van der Waals surface area contributed by atoms with Crippen molar-refractivity contribution in [3.63, 3.8) is 0 Å². The Hall–Kier alpha value is -3.00. The van der Waals surface area contributed by atoms with Gasteiger partial charge >= 0.3 is 6.03 Å². The molecule has 3 rings (SSSR count). The fourth-order valence-corrected chi connectivity index (χ4v) is 3.07. The minimum Gasteiger partial charge on any atom is -0.495 e. The lowest BCUT2D eigenvalue weighted by molar-refractivity contribution is 0.237. The quantitative estimate of drug-likeness (QED) is 0.774. The number of rotatable bonds is 6. The molecule has 7 nitrogen and oxygen atoms in total. The molecule has 1 aliphatic heterocycles. The lowest BCUT2D eigenvalue weighted by Gasteiger charge is -2.36. The van der Waals surface area contributed by atoms with E-state index in [1.807, 2.05) is 18.2 Å². The van der Waals surface area contributed by atoms with Gasteiger partial charge in [0, 0.05) is 39.3 Å². The Kier molecular flexibility index (Phi) is 6.91. The molecule has 0 spiro atoms. The van der Waals surface area contributed by atoms with Crippen molar-refractivity contribution in [1.29, 1.82) is 0 Å². The summed E-state index contributed by atoms with van der Waals surface area (Å²) in [6, 6.07) is 13.0. The second kappa shape index (κ2) is 9.80. The van der Waals surface area contributed by atoms with Gasteiger partial charge in [-0.25, -0.2) is 9.18 Å². The number of benzene rings is 2. The van der Waals surface area contributed by atoms with Crippen molar-refractivity contribution >= 4 is 17.4 Å². The topological polar surface area (TPSA) is 69.5 Å². The van der Waals surface area contributed by atoms with Gasteiger partial charge in [-0.2, -0.15) is 0 Å². The van der Waals surface area contributed by atoms with E-state index in [1.165, 1.54) is 24.3 Å². The number of halogens is 1. The minimum atomic E-state index is -0.503. The Balaban J connectivity index is 1.38. The van der Waals surface area contributed by atoms with E-state index >= 15 is 0 Å². The molecule has 8 heteroatoms. The molecule has 0 aliphatic carbocycles. The standard InChI is InChI=1S/C20H24FN5O2/c1-28-19-5-3-2-4-18(19)26-14-12-25(13-15-26)11-10-22-20(27)24-23-17-8-6-16(21)7-9-17/h2-9H,10-15H2,1H3,(H,22,27). The number of piperazine rings is 1. The third kappa shape index (κ3) is 5.50. The van der Waals surface area contributed by atoms with Crippen molar-refractivity contribution < 1.29 is 13.9 Å². The smallest absolute Gasteiger partial charge is 0.359 e. The number of ether oxygens (including phenoxy) is 1. The average molecular weight is 385 g/mol. The van der Waals surface area contributed by atoms with Crippen LogP contribution in [-0.4, -0.2) is 57.3 Å². The number of urea groups is 1. The first-order chi connectivity index (χ1) is 13.7. The number of azo groups is 1. The third-order valence-electron chi connectivity index (χ3n) is 4.59. The largest absolute Gasteiger partial charge is 0.495 e. The van der Waals surface area contributed by atoms with Crippen molar-refractivity contribution in [2.75, 3.05) is 51.3 Å². The van der Waals surface area contributed by atoms with Crippen molar-refractivity contribution in [1.82, 2.24) is 10.2 Å². The van der Waals surface area contributed by atoms with Crippen LogP contribution in [0.1, 0.15) is 0 Å². The SMILES string of the molecule is COc1ccccc1N1CCN(CCNC(=O)N=Nc2ccc(F)cc2)CC1. The number of hydrogen-bond acceptors (Lipinski definition) is 5. The number of methoxy groups -OCH3 is 1. The van der Waals surface area contributed by atoms with Crippen molar-refractivity contribution in [2.24, 2.45) is 10.2 Å². The van der Waals surface area contributed by atoms with Gasteiger partial charge in [0.15, 0.2) is 0 Å². The van der Waals surface area contributed by atoms with Crippen LogP contribution in [0.25, 0.3) is 0 Å². The van der Waals surface area contributed by atoms with Gasteiger partial charge in [-0.1, -0.05) is 17.2 Å². The normalized spacial score (nSPS) is 15.0. The molecule has 0 atom stereocenters. The van der Waals surface area contributed by atoms with E-state index in [0.29, 0.717) is 12.2 Å². The summed E-state index contributed by atoms with van der Waals surface area (Å²) in [5.41, 5.74) is 1.54. The summed E-state index contributed by atoms with van der Waals surface area (Å²) in [6.07, 6.45) is 0. The maximum absolute atomic E-state index is 12.8. The molecule has 1 heterocycles. The Labute approximate surface area is 163 Å². The van der Waals surface area contributed by atoms with Crippen LogP contribution in [0.2, 0.25) is 0 Å². The Bertz CT molecular complexity index is 804. The predicted molar refractivity (Wildman–Crippen MR) is 106 cm³/mol. The number of para-hydroxylation sites is 2. The van der Waals surface area contributed by atoms with E-state index in [4.69, 9.17) is 4.74 Å². The summed E-state index contributed by atoms with van der Waals surface area (Å²) >= 11 is 0. The summed E-state index contributed by atoms with van der Waals surface area (Å²) < 4.78 is 18.3. The van der Waals surface area contributed by atoms with Crippen molar-refractivity contribution in [2.45, 2.75) is 0 Å². The number of nitrogens with zero attached hydrogens (tertiary/aromatic N) is 4. The highest BCUT2D eigenvalue weighted by atomic mass is 19.1. The molecule has 1 fully saturated rings. The van der Waals surface area contributed by atoms with Crippen LogP contribution in [-0.2, 0) is 0 Å². The second-order valence-electron chi connectivity index (χ2n) is 6.41. The molecule has 0 saturated carbocycles. The monoisotopic (exact) mass is 385 g/mol. The highest BCUT2D eigenvalue weighted by molar-refractivity contribution is 5.74. The van der Waals surface area contributed by atoms with Gasteiger partial charge in [0.1, 0.15) is 11.6 Å². The van der Waals surface area contributed by atoms with Gasteiger partial charge in [0.2, 0.25) is 0 Å². The molecule has 1 aliphatic rings. The van der Waals surface area contributed by atoms with Crippen LogP contribution in [0.5, 0.6) is 5.75 Å². The molecule has 0 aromatic heterocycles. The second-order valence-corrected chi connectivity index (χ2v) is 6.41. The average Bonchev–Trinajstić information content (AvgIpc) is 2.74. The first-order valence-electron chi connectivity index (χ1n) is 9.21. The van der Waals surface area contributed by atoms with E-state index in [2.05, 4.69) is 31.4 Å². The molecule has 0 unspecified atom stereocenters. The zero-order valence-corrected chi connectivity index (χ0v) is 15.8. The third-order valence-corrected chi connectivity index (χ3v) is 4.59. The van der Waals surface area contributed by atoms with Crippen LogP contribution >= 0.6 is 0 Å². The summed E-state index contributed by atoms with van der Waals surface area (Å²) in [4.78, 5) is 16.4. The van der Waals surface area contributed by atoms with Crippen LogP contribution in [0.3, 0.4) is 0 Å². The van der Waals surface area contributed by atoms with Gasteiger partial charge < -0.3 is 15.0 Å². The minimum absolute atomic E-state index is 0.353. The number of nitrogens with one attached hydrogen (secondary N) is 1. The van der Waals surface area contributed by atoms with Gasteiger partial charge in [0.05, 0.1) is 18.5 Å². The number of hydrogen-bond donors (Lipinski definition) is 1. The first kappa shape index (κ1) is 19.8. The van der Waals surface area contributed by atoms with E-state index < -0.39 is 6.03 Å². The molecule has 2 aromatic rings. The first-order valence-corrected chi connectivity index (χ1v) is 9.21. The molecule has 2 aromatic carbocycles. The highest BCUT2D eigenvalue weighted by Gasteiger charge is 2.19. The van der Waals surface area contributed by atoms with E-state index in [0.717, 1.165) is 44.2 Å². The Morgan fingerprint density at radius 2 is 1.82 bits per heavy atom. The highest BCUT2D eigenvalue weighted by Crippen LogP contribution is 2.28. The number of anilines is 1. The van der Waals surface area contributed by atoms with E-state index in [9.17, 15) is 9.18 Å². The van der Waals surface area contributed by atoms with Crippen LogP contribution in [0, 0.1) is 5.82 Å². The summed E-state index contributed by atoms with van der Waals surface area (Å²) in [5, 5.41) is 10.1. The van der Waals surface area contributed by atoms with Crippen LogP contribution in [0.15, 0.2) is 58.8 Å². The predicted octanol–water partition coefficient (Wildman–Crippen LogP) is 3.45. The summed E-state index contributed by atoms with van der Waals surface area (Å²) in [6.45, 7) is 4.86. The molecule has 0 radical (unpaired) electrons. The zero-order chi connectivity index (χ0) is 19.8. The van der Waals surface area contributed by atoms with Gasteiger partial charge in [-0.3, -0.25) is 4.90 Å². The Morgan fingerprint density at radius 1 is 1.11 bits per heavy atom. The van der Waals surface area contributed by atoms with Gasteiger partial charge in [-0.15, -0.1) is 5.11 Å². The molecular formula is C20H24FN5O2. The maximum Gasteiger partial charge on any atom is 0.359 e. The lowest BCUT2D eigenvalue weighted by atomic mass is 10.2.